The van der Waals surface area contributed by atoms with Gasteiger partial charge in [-0.3, -0.25) is 9.59 Å². The maximum Gasteiger partial charge on any atom is 0.330 e. The van der Waals surface area contributed by atoms with Crippen LogP contribution < -0.4 is 4.74 Å². The number of hydrogen-bond donors (Lipinski definition) is 1. The van der Waals surface area contributed by atoms with Crippen molar-refractivity contribution in [3.63, 3.8) is 0 Å². The van der Waals surface area contributed by atoms with Crippen molar-refractivity contribution in [1.29, 1.82) is 0 Å². The van der Waals surface area contributed by atoms with Crippen molar-refractivity contribution in [1.82, 2.24) is 0 Å². The van der Waals surface area contributed by atoms with Crippen LogP contribution >= 0.6 is 0 Å². The van der Waals surface area contributed by atoms with Gasteiger partial charge < -0.3 is 19.3 Å². The minimum atomic E-state index is -1.11. The lowest BCUT2D eigenvalue weighted by atomic mass is 9.78. The van der Waals surface area contributed by atoms with Gasteiger partial charge >= 0.3 is 17.9 Å². The first kappa shape index (κ1) is 25.6. The summed E-state index contributed by atoms with van der Waals surface area (Å²) in [5, 5.41) is 8.71. The number of rotatable bonds is 12. The van der Waals surface area contributed by atoms with Gasteiger partial charge in [-0.15, -0.1) is 0 Å². The molecule has 176 valence electrons. The third-order valence-electron chi connectivity index (χ3n) is 5.20. The predicted molar refractivity (Wildman–Crippen MR) is 123 cm³/mol. The van der Waals surface area contributed by atoms with Gasteiger partial charge in [0.05, 0.1) is 12.8 Å². The van der Waals surface area contributed by atoms with Crippen molar-refractivity contribution >= 4 is 17.9 Å². The minimum Gasteiger partial charge on any atom is -0.490 e. The van der Waals surface area contributed by atoms with E-state index in [1.807, 2.05) is 24.3 Å². The molecule has 0 radical (unpaired) electrons. The summed E-state index contributed by atoms with van der Waals surface area (Å²) in [5.74, 6) is -1.92. The molecule has 2 aromatic carbocycles. The predicted octanol–water partition coefficient (Wildman–Crippen LogP) is 4.21. The van der Waals surface area contributed by atoms with E-state index in [0.29, 0.717) is 5.75 Å². The molecule has 33 heavy (non-hydrogen) atoms. The number of carboxylic acids is 1. The first-order valence-corrected chi connectivity index (χ1v) is 10.6. The van der Waals surface area contributed by atoms with Gasteiger partial charge in [-0.25, -0.2) is 4.79 Å². The molecule has 7 nitrogen and oxygen atoms in total. The summed E-state index contributed by atoms with van der Waals surface area (Å²) < 4.78 is 15.9. The summed E-state index contributed by atoms with van der Waals surface area (Å²) in [6, 6.07) is 16.0. The molecule has 2 aromatic rings. The first-order chi connectivity index (χ1) is 15.6. The van der Waals surface area contributed by atoms with Crippen molar-refractivity contribution in [3.05, 3.63) is 77.9 Å². The molecule has 0 saturated carbocycles. The molecule has 0 amide bonds. The zero-order chi connectivity index (χ0) is 24.4. The fraction of sp³-hybridized carbons (Fsp3) is 0.346. The number of benzene rings is 2. The van der Waals surface area contributed by atoms with E-state index >= 15 is 0 Å². The van der Waals surface area contributed by atoms with Crippen LogP contribution in [0.2, 0.25) is 0 Å². The minimum absolute atomic E-state index is 0.0655. The van der Waals surface area contributed by atoms with Gasteiger partial charge in [0.2, 0.25) is 0 Å². The second-order valence-corrected chi connectivity index (χ2v) is 8.17. The number of esters is 2. The van der Waals surface area contributed by atoms with Crippen LogP contribution in [0.5, 0.6) is 5.75 Å². The van der Waals surface area contributed by atoms with Gasteiger partial charge in [0.15, 0.2) is 6.10 Å². The van der Waals surface area contributed by atoms with Crippen molar-refractivity contribution < 1.29 is 33.7 Å². The molecule has 0 saturated heterocycles. The van der Waals surface area contributed by atoms with Gasteiger partial charge in [0.1, 0.15) is 19.0 Å². The topological polar surface area (TPSA) is 99.1 Å². The van der Waals surface area contributed by atoms with Gasteiger partial charge in [0.25, 0.3) is 0 Å². The quantitative estimate of drug-likeness (QED) is 0.379. The molecule has 0 heterocycles. The molecule has 7 heteroatoms. The Labute approximate surface area is 194 Å². The van der Waals surface area contributed by atoms with Crippen molar-refractivity contribution in [2.24, 2.45) is 0 Å². The molecule has 0 aliphatic rings. The van der Waals surface area contributed by atoms with Crippen LogP contribution in [0.1, 0.15) is 43.4 Å². The monoisotopic (exact) mass is 454 g/mol. The van der Waals surface area contributed by atoms with Crippen LogP contribution in [0, 0.1) is 6.92 Å². The number of carbonyl (C=O) groups excluding carboxylic acids is 2. The van der Waals surface area contributed by atoms with E-state index in [0.717, 1.165) is 11.6 Å². The normalized spacial score (nSPS) is 11.8. The Bertz CT molecular complexity index is 959. The summed E-state index contributed by atoms with van der Waals surface area (Å²) in [4.78, 5) is 33.9. The average Bonchev–Trinajstić information content (AvgIpc) is 2.79. The number of carbonyl (C=O) groups is 3. The van der Waals surface area contributed by atoms with Crippen LogP contribution in [-0.2, 0) is 29.3 Å². The lowest BCUT2D eigenvalue weighted by molar-refractivity contribution is -0.159. The maximum absolute atomic E-state index is 11.9. The number of hydrogen-bond acceptors (Lipinski definition) is 6. The second kappa shape index (κ2) is 11.9. The Morgan fingerprint density at radius 1 is 0.970 bits per heavy atom. The second-order valence-electron chi connectivity index (χ2n) is 8.17. The molecule has 1 N–H and O–H groups in total. The molecule has 2 rings (SSSR count). The van der Waals surface area contributed by atoms with Gasteiger partial charge in [0, 0.05) is 11.5 Å². The third kappa shape index (κ3) is 8.11. The smallest absolute Gasteiger partial charge is 0.330 e. The van der Waals surface area contributed by atoms with Crippen molar-refractivity contribution in [2.45, 2.75) is 45.1 Å². The Kier molecular flexibility index (Phi) is 9.21. The van der Waals surface area contributed by atoms with E-state index in [1.165, 1.54) is 11.1 Å². The first-order valence-electron chi connectivity index (χ1n) is 10.6. The Hall–Kier alpha value is -3.61. The summed E-state index contributed by atoms with van der Waals surface area (Å²) in [6.45, 7) is 9.37. The van der Waals surface area contributed by atoms with Crippen molar-refractivity contribution in [3.8, 4) is 5.75 Å². The molecule has 0 spiro atoms. The zero-order valence-corrected chi connectivity index (χ0v) is 19.2. The molecular formula is C26H30O7. The van der Waals surface area contributed by atoms with Crippen LogP contribution in [-0.4, -0.2) is 42.3 Å². The maximum atomic E-state index is 11.9. The largest absolute Gasteiger partial charge is 0.490 e. The van der Waals surface area contributed by atoms with Crippen LogP contribution in [0.25, 0.3) is 0 Å². The molecule has 1 unspecified atom stereocenters. The number of carboxylic acid groups (broad SMARTS) is 1. The SMILES string of the molecule is C=CC(=O)OCC(COc1ccc(C(C)(C)c2ccc(C)cc2)cc1)OC(=O)CCC(=O)O. The Morgan fingerprint density at radius 2 is 1.55 bits per heavy atom. The highest BCUT2D eigenvalue weighted by molar-refractivity contribution is 5.81. The molecular weight excluding hydrogens is 424 g/mol. The highest BCUT2D eigenvalue weighted by atomic mass is 16.6. The Morgan fingerprint density at radius 3 is 2.09 bits per heavy atom. The summed E-state index contributed by atoms with van der Waals surface area (Å²) >= 11 is 0. The fourth-order valence-corrected chi connectivity index (χ4v) is 3.10. The van der Waals surface area contributed by atoms with Crippen molar-refractivity contribution in [2.75, 3.05) is 13.2 Å². The molecule has 0 aliphatic carbocycles. The summed E-state index contributed by atoms with van der Waals surface area (Å²) in [7, 11) is 0. The van der Waals surface area contributed by atoms with Crippen LogP contribution in [0.3, 0.4) is 0 Å². The molecule has 0 aliphatic heterocycles. The van der Waals surface area contributed by atoms with E-state index in [9.17, 15) is 14.4 Å². The molecule has 0 fully saturated rings. The highest BCUT2D eigenvalue weighted by Crippen LogP contribution is 2.32. The molecule has 0 aromatic heterocycles. The lowest BCUT2D eigenvalue weighted by Crippen LogP contribution is -2.31. The molecule has 1 atom stereocenters. The van der Waals surface area contributed by atoms with Gasteiger partial charge in [-0.2, -0.15) is 0 Å². The number of aryl methyl sites for hydroxylation is 1. The lowest BCUT2D eigenvalue weighted by Gasteiger charge is -2.26. The highest BCUT2D eigenvalue weighted by Gasteiger charge is 2.23. The van der Waals surface area contributed by atoms with E-state index < -0.39 is 24.0 Å². The van der Waals surface area contributed by atoms with E-state index in [4.69, 9.17) is 19.3 Å². The van der Waals surface area contributed by atoms with Gasteiger partial charge in [-0.05, 0) is 30.2 Å². The number of ether oxygens (including phenoxy) is 3. The van der Waals surface area contributed by atoms with Crippen LogP contribution in [0.4, 0.5) is 0 Å². The Balaban J connectivity index is 2.02. The van der Waals surface area contributed by atoms with Crippen LogP contribution in [0.15, 0.2) is 61.2 Å². The molecule has 0 bridgehead atoms. The third-order valence-corrected chi connectivity index (χ3v) is 5.20. The van der Waals surface area contributed by atoms with E-state index in [1.54, 1.807) is 0 Å². The van der Waals surface area contributed by atoms with E-state index in [-0.39, 0.29) is 31.5 Å². The zero-order valence-electron chi connectivity index (χ0n) is 19.2. The van der Waals surface area contributed by atoms with Gasteiger partial charge in [-0.1, -0.05) is 62.4 Å². The average molecular weight is 455 g/mol. The standard InChI is InChI=1S/C26H30O7/c1-5-24(29)32-17-22(33-25(30)15-14-23(27)28)16-31-21-12-10-20(11-13-21)26(3,4)19-8-6-18(2)7-9-19/h5-13,22H,1,14-17H2,2-4H3,(H,27,28). The summed E-state index contributed by atoms with van der Waals surface area (Å²) in [6.07, 6.45) is -0.529. The summed E-state index contributed by atoms with van der Waals surface area (Å²) in [5.41, 5.74) is 3.30. The van der Waals surface area contributed by atoms with E-state index in [2.05, 4.69) is 51.6 Å². The fourth-order valence-electron chi connectivity index (χ4n) is 3.10. The number of aliphatic carboxylic acids is 1.